The highest BCUT2D eigenvalue weighted by Crippen LogP contribution is 2.19. The summed E-state index contributed by atoms with van der Waals surface area (Å²) in [6.45, 7) is 2.24. The van der Waals surface area contributed by atoms with Crippen molar-refractivity contribution in [3.8, 4) is 6.07 Å². The molecule has 0 saturated carbocycles. The Bertz CT molecular complexity index is 711. The lowest BCUT2D eigenvalue weighted by Gasteiger charge is -2.24. The number of benzene rings is 2. The van der Waals surface area contributed by atoms with Gasteiger partial charge >= 0.3 is 0 Å². The van der Waals surface area contributed by atoms with Gasteiger partial charge < -0.3 is 0 Å². The van der Waals surface area contributed by atoms with Crippen LogP contribution < -0.4 is 0 Å². The van der Waals surface area contributed by atoms with Gasteiger partial charge in [0.2, 0.25) is 10.0 Å². The average Bonchev–Trinajstić information content (AvgIpc) is 2.57. The Balaban J connectivity index is 2.33. The molecule has 0 N–H and O–H groups in total. The number of hydrogen-bond acceptors (Lipinski definition) is 3. The fourth-order valence-corrected chi connectivity index (χ4v) is 3.93. The largest absolute Gasteiger partial charge is 0.231 e. The standard InChI is InChI=1S/C18H20N2O2S/c1-2-18(13-19)23(21,22)20(14-16-9-5-3-6-10-16)15-17-11-7-4-8-12-17/h3-12,18H,2,14-15H2,1H3. The van der Waals surface area contributed by atoms with E-state index in [1.807, 2.05) is 66.7 Å². The zero-order valence-corrected chi connectivity index (χ0v) is 13.9. The van der Waals surface area contributed by atoms with Gasteiger partial charge in [-0.3, -0.25) is 0 Å². The van der Waals surface area contributed by atoms with Gasteiger partial charge in [0.1, 0.15) is 0 Å². The molecule has 4 nitrogen and oxygen atoms in total. The van der Waals surface area contributed by atoms with Gasteiger partial charge in [-0.2, -0.15) is 9.57 Å². The van der Waals surface area contributed by atoms with E-state index in [1.54, 1.807) is 6.92 Å². The smallest absolute Gasteiger partial charge is 0.211 e. The number of rotatable bonds is 7. The molecule has 0 spiro atoms. The molecule has 0 aliphatic carbocycles. The van der Waals surface area contributed by atoms with Gasteiger partial charge in [-0.15, -0.1) is 0 Å². The fraction of sp³-hybridized carbons (Fsp3) is 0.278. The summed E-state index contributed by atoms with van der Waals surface area (Å²) >= 11 is 0. The molecule has 0 aliphatic rings. The molecular formula is C18H20N2O2S. The van der Waals surface area contributed by atoms with Crippen molar-refractivity contribution in [2.75, 3.05) is 0 Å². The minimum Gasteiger partial charge on any atom is -0.211 e. The van der Waals surface area contributed by atoms with Crippen LogP contribution in [-0.4, -0.2) is 18.0 Å². The van der Waals surface area contributed by atoms with Gasteiger partial charge in [-0.05, 0) is 17.5 Å². The van der Waals surface area contributed by atoms with Gasteiger partial charge in [-0.25, -0.2) is 8.42 Å². The van der Waals surface area contributed by atoms with Crippen LogP contribution in [-0.2, 0) is 23.1 Å². The molecule has 0 aliphatic heterocycles. The molecule has 120 valence electrons. The van der Waals surface area contributed by atoms with Crippen molar-refractivity contribution in [1.29, 1.82) is 5.26 Å². The number of hydrogen-bond donors (Lipinski definition) is 0. The van der Waals surface area contributed by atoms with Crippen LogP contribution in [0.1, 0.15) is 24.5 Å². The first-order chi connectivity index (χ1) is 11.1. The van der Waals surface area contributed by atoms with Crippen molar-refractivity contribution in [3.05, 3.63) is 71.8 Å². The van der Waals surface area contributed by atoms with E-state index in [2.05, 4.69) is 0 Å². The second kappa shape index (κ2) is 7.91. The van der Waals surface area contributed by atoms with Crippen LogP contribution in [0.5, 0.6) is 0 Å². The van der Waals surface area contributed by atoms with Crippen molar-refractivity contribution in [2.24, 2.45) is 0 Å². The average molecular weight is 328 g/mol. The lowest BCUT2D eigenvalue weighted by Crippen LogP contribution is -2.37. The second-order valence-electron chi connectivity index (χ2n) is 5.31. The van der Waals surface area contributed by atoms with Crippen LogP contribution in [0, 0.1) is 11.3 Å². The highest BCUT2D eigenvalue weighted by molar-refractivity contribution is 7.89. The third-order valence-electron chi connectivity index (χ3n) is 3.64. The highest BCUT2D eigenvalue weighted by atomic mass is 32.2. The lowest BCUT2D eigenvalue weighted by molar-refractivity contribution is 0.397. The van der Waals surface area contributed by atoms with Crippen LogP contribution in [0.2, 0.25) is 0 Å². The summed E-state index contributed by atoms with van der Waals surface area (Å²) in [4.78, 5) is 0. The Kier molecular flexibility index (Phi) is 5.91. The molecule has 0 aromatic heterocycles. The first-order valence-corrected chi connectivity index (χ1v) is 9.04. The highest BCUT2D eigenvalue weighted by Gasteiger charge is 2.31. The van der Waals surface area contributed by atoms with Crippen molar-refractivity contribution >= 4 is 10.0 Å². The maximum absolute atomic E-state index is 12.8. The Morgan fingerprint density at radius 2 is 1.39 bits per heavy atom. The van der Waals surface area contributed by atoms with Crippen LogP contribution in [0.25, 0.3) is 0 Å². The molecule has 0 radical (unpaired) electrons. The number of nitriles is 1. The zero-order chi connectivity index (χ0) is 16.7. The maximum Gasteiger partial charge on any atom is 0.231 e. The van der Waals surface area contributed by atoms with Crippen LogP contribution in [0.4, 0.5) is 0 Å². The minimum absolute atomic E-state index is 0.260. The quantitative estimate of drug-likeness (QED) is 0.783. The SMILES string of the molecule is CCC(C#N)S(=O)(=O)N(Cc1ccccc1)Cc1ccccc1. The summed E-state index contributed by atoms with van der Waals surface area (Å²) in [6, 6.07) is 20.8. The van der Waals surface area contributed by atoms with E-state index in [-0.39, 0.29) is 19.5 Å². The van der Waals surface area contributed by atoms with Crippen molar-refractivity contribution in [3.63, 3.8) is 0 Å². The zero-order valence-electron chi connectivity index (χ0n) is 13.1. The van der Waals surface area contributed by atoms with E-state index in [1.165, 1.54) is 4.31 Å². The van der Waals surface area contributed by atoms with E-state index >= 15 is 0 Å². The van der Waals surface area contributed by atoms with Crippen molar-refractivity contribution in [2.45, 2.75) is 31.7 Å². The Morgan fingerprint density at radius 3 is 1.74 bits per heavy atom. The predicted molar refractivity (Wildman–Crippen MR) is 90.7 cm³/mol. The topological polar surface area (TPSA) is 61.2 Å². The second-order valence-corrected chi connectivity index (χ2v) is 7.43. The van der Waals surface area contributed by atoms with Crippen LogP contribution in [0.3, 0.4) is 0 Å². The van der Waals surface area contributed by atoms with Gasteiger partial charge in [0.15, 0.2) is 5.25 Å². The molecule has 2 aromatic carbocycles. The summed E-state index contributed by atoms with van der Waals surface area (Å²) in [5.41, 5.74) is 1.81. The normalized spacial score (nSPS) is 12.7. The third kappa shape index (κ3) is 4.41. The molecule has 1 atom stereocenters. The first-order valence-electron chi connectivity index (χ1n) is 7.54. The van der Waals surface area contributed by atoms with E-state index in [0.717, 1.165) is 11.1 Å². The van der Waals surface area contributed by atoms with Gasteiger partial charge in [-0.1, -0.05) is 67.6 Å². The first kappa shape index (κ1) is 17.2. The molecule has 5 heteroatoms. The van der Waals surface area contributed by atoms with Crippen molar-refractivity contribution < 1.29 is 8.42 Å². The molecule has 0 fully saturated rings. The van der Waals surface area contributed by atoms with E-state index in [9.17, 15) is 13.7 Å². The third-order valence-corrected chi connectivity index (χ3v) is 5.77. The van der Waals surface area contributed by atoms with Gasteiger partial charge in [0, 0.05) is 13.1 Å². The lowest BCUT2D eigenvalue weighted by atomic mass is 10.2. The van der Waals surface area contributed by atoms with Crippen molar-refractivity contribution in [1.82, 2.24) is 4.31 Å². The van der Waals surface area contributed by atoms with E-state index in [0.29, 0.717) is 0 Å². The van der Waals surface area contributed by atoms with E-state index < -0.39 is 15.3 Å². The molecule has 2 rings (SSSR count). The van der Waals surface area contributed by atoms with Gasteiger partial charge in [0.25, 0.3) is 0 Å². The minimum atomic E-state index is -3.69. The molecule has 0 bridgehead atoms. The van der Waals surface area contributed by atoms with Crippen LogP contribution >= 0.6 is 0 Å². The number of sulfonamides is 1. The molecule has 1 unspecified atom stereocenters. The summed E-state index contributed by atoms with van der Waals surface area (Å²) < 4.78 is 27.0. The molecular weight excluding hydrogens is 308 g/mol. The summed E-state index contributed by atoms with van der Waals surface area (Å²) in [5, 5.41) is 8.17. The predicted octanol–water partition coefficient (Wildman–Crippen LogP) is 3.32. The summed E-state index contributed by atoms with van der Waals surface area (Å²) in [6.07, 6.45) is 0.277. The Morgan fingerprint density at radius 1 is 0.957 bits per heavy atom. The molecule has 0 heterocycles. The maximum atomic E-state index is 12.8. The monoisotopic (exact) mass is 328 g/mol. The van der Waals surface area contributed by atoms with Crippen LogP contribution in [0.15, 0.2) is 60.7 Å². The van der Waals surface area contributed by atoms with E-state index in [4.69, 9.17) is 0 Å². The summed E-state index contributed by atoms with van der Waals surface area (Å²) in [5.74, 6) is 0. The Hall–Kier alpha value is -2.16. The fourth-order valence-electron chi connectivity index (χ4n) is 2.36. The number of nitrogens with zero attached hydrogens (tertiary/aromatic N) is 2. The molecule has 0 amide bonds. The summed E-state index contributed by atoms with van der Waals surface area (Å²) in [7, 11) is -3.69. The Labute approximate surface area is 138 Å². The molecule has 23 heavy (non-hydrogen) atoms. The van der Waals surface area contributed by atoms with Gasteiger partial charge in [0.05, 0.1) is 6.07 Å². The molecule has 2 aromatic rings. The molecule has 0 saturated heterocycles.